The maximum absolute atomic E-state index is 13.8. The molecule has 0 radical (unpaired) electrons. The number of amides is 1. The molecule has 146 valence electrons. The van der Waals surface area contributed by atoms with Gasteiger partial charge >= 0.3 is 0 Å². The monoisotopic (exact) mass is 392 g/mol. The molecule has 1 saturated carbocycles. The molecule has 0 unspecified atom stereocenters. The molecule has 1 aliphatic carbocycles. The zero-order valence-electron chi connectivity index (χ0n) is 15.4. The van der Waals surface area contributed by atoms with Gasteiger partial charge in [0.05, 0.1) is 24.3 Å². The van der Waals surface area contributed by atoms with E-state index in [4.69, 9.17) is 15.4 Å². The van der Waals surface area contributed by atoms with Crippen LogP contribution in [0.1, 0.15) is 42.1 Å². The number of nitrogens with one attached hydrogen (secondary N) is 1. The standard InChI is InChI=1S/C20H17FN6O2/c21-15-6-12(10-22)5-13(7-15)18-2-4-29-27(18)19(28)14-8-17(9-14)26-20-24-3-1-16(11-23)25-20/h1,3,5-7,14,17-18H,2,4,8-9H2,(H,24,25,26)/t14?,17?,18-/m0/s1. The van der Waals surface area contributed by atoms with Crippen LogP contribution in [0.3, 0.4) is 0 Å². The summed E-state index contributed by atoms with van der Waals surface area (Å²) in [5.74, 6) is -0.527. The van der Waals surface area contributed by atoms with Crippen LogP contribution in [0.5, 0.6) is 0 Å². The Balaban J connectivity index is 1.39. The lowest BCUT2D eigenvalue weighted by molar-refractivity contribution is -0.184. The summed E-state index contributed by atoms with van der Waals surface area (Å²) in [6.07, 6.45) is 3.21. The molecule has 2 aliphatic rings. The van der Waals surface area contributed by atoms with Crippen LogP contribution in [0.15, 0.2) is 30.5 Å². The predicted octanol–water partition coefficient (Wildman–Crippen LogP) is 2.45. The summed E-state index contributed by atoms with van der Waals surface area (Å²) in [7, 11) is 0. The van der Waals surface area contributed by atoms with Crippen molar-refractivity contribution in [2.45, 2.75) is 31.3 Å². The van der Waals surface area contributed by atoms with Crippen molar-refractivity contribution in [1.29, 1.82) is 10.5 Å². The highest BCUT2D eigenvalue weighted by Gasteiger charge is 2.42. The van der Waals surface area contributed by atoms with Crippen LogP contribution in [0.25, 0.3) is 0 Å². The first kappa shape index (κ1) is 18.8. The Morgan fingerprint density at radius 1 is 1.28 bits per heavy atom. The van der Waals surface area contributed by atoms with Crippen molar-refractivity contribution < 1.29 is 14.0 Å². The van der Waals surface area contributed by atoms with E-state index in [2.05, 4.69) is 15.3 Å². The molecule has 0 spiro atoms. The Hall–Kier alpha value is -3.56. The Bertz CT molecular complexity index is 1020. The van der Waals surface area contributed by atoms with E-state index in [1.54, 1.807) is 6.07 Å². The number of nitrogens with zero attached hydrogens (tertiary/aromatic N) is 5. The van der Waals surface area contributed by atoms with Gasteiger partial charge in [-0.1, -0.05) is 0 Å². The van der Waals surface area contributed by atoms with Crippen LogP contribution >= 0.6 is 0 Å². The van der Waals surface area contributed by atoms with Crippen molar-refractivity contribution in [3.8, 4) is 12.1 Å². The Morgan fingerprint density at radius 2 is 2.10 bits per heavy atom. The number of nitriles is 2. The average molecular weight is 392 g/mol. The molecule has 2 heterocycles. The fourth-order valence-corrected chi connectivity index (χ4v) is 3.65. The normalized spacial score (nSPS) is 23.0. The average Bonchev–Trinajstić information content (AvgIpc) is 3.19. The quantitative estimate of drug-likeness (QED) is 0.850. The van der Waals surface area contributed by atoms with Gasteiger partial charge in [-0.25, -0.2) is 19.4 Å². The topological polar surface area (TPSA) is 115 Å². The molecule has 2 aromatic rings. The van der Waals surface area contributed by atoms with Gasteiger partial charge in [0.15, 0.2) is 0 Å². The fourth-order valence-electron chi connectivity index (χ4n) is 3.65. The summed E-state index contributed by atoms with van der Waals surface area (Å²) >= 11 is 0. The summed E-state index contributed by atoms with van der Waals surface area (Å²) in [6, 6.07) is 9.12. The zero-order chi connectivity index (χ0) is 20.4. The second kappa shape index (κ2) is 7.82. The second-order valence-corrected chi connectivity index (χ2v) is 7.07. The Morgan fingerprint density at radius 3 is 2.86 bits per heavy atom. The number of carbonyl (C=O) groups is 1. The number of halogens is 1. The fraction of sp³-hybridized carbons (Fsp3) is 0.350. The number of benzene rings is 1. The van der Waals surface area contributed by atoms with Crippen molar-refractivity contribution in [3.05, 3.63) is 53.1 Å². The van der Waals surface area contributed by atoms with Gasteiger partial charge in [0.1, 0.15) is 17.6 Å². The highest BCUT2D eigenvalue weighted by Crippen LogP contribution is 2.37. The van der Waals surface area contributed by atoms with E-state index in [0.29, 0.717) is 37.4 Å². The van der Waals surface area contributed by atoms with Crippen molar-refractivity contribution >= 4 is 11.9 Å². The molecule has 1 aromatic carbocycles. The molecule has 1 atom stereocenters. The van der Waals surface area contributed by atoms with E-state index in [1.807, 2.05) is 12.1 Å². The van der Waals surface area contributed by atoms with E-state index in [0.717, 1.165) is 6.07 Å². The van der Waals surface area contributed by atoms with Crippen LogP contribution < -0.4 is 5.32 Å². The minimum Gasteiger partial charge on any atom is -0.351 e. The molecule has 2 fully saturated rings. The SMILES string of the molecule is N#Cc1cc(F)cc([C@@H]2CCON2C(=O)C2CC(Nc3nccc(C#N)n3)C2)c1. The third kappa shape index (κ3) is 3.86. The summed E-state index contributed by atoms with van der Waals surface area (Å²) in [6.45, 7) is 0.359. The lowest BCUT2D eigenvalue weighted by Crippen LogP contribution is -2.45. The molecular weight excluding hydrogens is 375 g/mol. The maximum Gasteiger partial charge on any atom is 0.249 e. The Kier molecular flexibility index (Phi) is 5.07. The molecule has 1 aromatic heterocycles. The molecule has 1 amide bonds. The first-order valence-corrected chi connectivity index (χ1v) is 9.23. The third-order valence-electron chi connectivity index (χ3n) is 5.15. The number of hydroxylamine groups is 2. The predicted molar refractivity (Wildman–Crippen MR) is 98.2 cm³/mol. The number of anilines is 1. The van der Waals surface area contributed by atoms with E-state index < -0.39 is 11.9 Å². The van der Waals surface area contributed by atoms with Gasteiger partial charge < -0.3 is 5.32 Å². The van der Waals surface area contributed by atoms with Gasteiger partial charge in [-0.2, -0.15) is 10.5 Å². The lowest BCUT2D eigenvalue weighted by atomic mass is 9.79. The van der Waals surface area contributed by atoms with Crippen molar-refractivity contribution in [2.24, 2.45) is 5.92 Å². The van der Waals surface area contributed by atoms with Gasteiger partial charge in [-0.15, -0.1) is 0 Å². The Labute approximate surface area is 166 Å². The zero-order valence-corrected chi connectivity index (χ0v) is 15.4. The number of hydrogen-bond acceptors (Lipinski definition) is 7. The van der Waals surface area contributed by atoms with Gasteiger partial charge in [-0.05, 0) is 42.7 Å². The maximum atomic E-state index is 13.8. The van der Waals surface area contributed by atoms with Gasteiger partial charge in [0.2, 0.25) is 11.9 Å². The molecular formula is C20H17FN6O2. The van der Waals surface area contributed by atoms with Gasteiger partial charge in [0.25, 0.3) is 0 Å². The second-order valence-electron chi connectivity index (χ2n) is 7.07. The largest absolute Gasteiger partial charge is 0.351 e. The minimum absolute atomic E-state index is 0.0262. The van der Waals surface area contributed by atoms with Crippen molar-refractivity contribution in [1.82, 2.24) is 15.0 Å². The van der Waals surface area contributed by atoms with E-state index >= 15 is 0 Å². The molecule has 1 N–H and O–H groups in total. The number of rotatable bonds is 4. The summed E-state index contributed by atoms with van der Waals surface area (Å²) in [4.78, 5) is 26.6. The number of aromatic nitrogens is 2. The summed E-state index contributed by atoms with van der Waals surface area (Å²) < 4.78 is 13.8. The molecule has 9 heteroatoms. The van der Waals surface area contributed by atoms with E-state index in [-0.39, 0.29) is 29.1 Å². The van der Waals surface area contributed by atoms with Crippen LogP contribution in [0.4, 0.5) is 10.3 Å². The van der Waals surface area contributed by atoms with Crippen molar-refractivity contribution in [3.63, 3.8) is 0 Å². The first-order chi connectivity index (χ1) is 14.1. The number of hydrogen-bond donors (Lipinski definition) is 1. The van der Waals surface area contributed by atoms with Crippen LogP contribution in [0, 0.1) is 34.4 Å². The third-order valence-corrected chi connectivity index (χ3v) is 5.15. The smallest absolute Gasteiger partial charge is 0.249 e. The highest BCUT2D eigenvalue weighted by molar-refractivity contribution is 5.80. The van der Waals surface area contributed by atoms with Gasteiger partial charge in [-0.3, -0.25) is 9.63 Å². The molecule has 29 heavy (non-hydrogen) atoms. The van der Waals surface area contributed by atoms with E-state index in [1.165, 1.54) is 23.4 Å². The number of carbonyl (C=O) groups excluding carboxylic acids is 1. The summed E-state index contributed by atoms with van der Waals surface area (Å²) in [5, 5.41) is 22.4. The summed E-state index contributed by atoms with van der Waals surface area (Å²) in [5.41, 5.74) is 1.05. The highest BCUT2D eigenvalue weighted by atomic mass is 19.1. The van der Waals surface area contributed by atoms with Crippen LogP contribution in [-0.2, 0) is 9.63 Å². The van der Waals surface area contributed by atoms with Gasteiger partial charge in [0, 0.05) is 24.6 Å². The lowest BCUT2D eigenvalue weighted by Gasteiger charge is -2.37. The first-order valence-electron chi connectivity index (χ1n) is 9.23. The molecule has 1 aliphatic heterocycles. The van der Waals surface area contributed by atoms with Crippen molar-refractivity contribution in [2.75, 3.05) is 11.9 Å². The minimum atomic E-state index is -0.508. The molecule has 4 rings (SSSR count). The molecule has 0 bridgehead atoms. The van der Waals surface area contributed by atoms with E-state index in [9.17, 15) is 9.18 Å². The van der Waals surface area contributed by atoms with Crippen LogP contribution in [-0.4, -0.2) is 33.6 Å². The molecule has 8 nitrogen and oxygen atoms in total. The molecule has 1 saturated heterocycles. The van der Waals surface area contributed by atoms with Crippen LogP contribution in [0.2, 0.25) is 0 Å².